The van der Waals surface area contributed by atoms with Crippen LogP contribution in [0.1, 0.15) is 16.7 Å². The van der Waals surface area contributed by atoms with Crippen molar-refractivity contribution in [1.29, 1.82) is 5.26 Å². The fraction of sp³-hybridized carbons (Fsp3) is 0.105. The molecule has 0 spiro atoms. The number of hydrogen-bond donors (Lipinski definition) is 1. The quantitative estimate of drug-likeness (QED) is 0.575. The van der Waals surface area contributed by atoms with Crippen LogP contribution >= 0.6 is 12.6 Å². The molecule has 3 aromatic rings. The van der Waals surface area contributed by atoms with E-state index in [0.717, 1.165) is 16.7 Å². The predicted molar refractivity (Wildman–Crippen MR) is 96.7 cm³/mol. The molecule has 0 fully saturated rings. The van der Waals surface area contributed by atoms with E-state index in [1.807, 2.05) is 68.4 Å². The summed E-state index contributed by atoms with van der Waals surface area (Å²) in [5.74, 6) is 0.466. The van der Waals surface area contributed by atoms with Gasteiger partial charge in [0.05, 0.1) is 5.69 Å². The van der Waals surface area contributed by atoms with Crippen molar-refractivity contribution < 1.29 is 0 Å². The second-order valence-corrected chi connectivity index (χ2v) is 5.94. The molecule has 4 nitrogen and oxygen atoms in total. The maximum Gasteiger partial charge on any atom is 0.277 e. The molecule has 0 saturated heterocycles. The summed E-state index contributed by atoms with van der Waals surface area (Å²) < 4.78 is 1.47. The van der Waals surface area contributed by atoms with Crippen molar-refractivity contribution in [1.82, 2.24) is 9.55 Å². The molecule has 118 valence electrons. The topological polar surface area (TPSA) is 58.7 Å². The lowest BCUT2D eigenvalue weighted by molar-refractivity contribution is 0.893. The Morgan fingerprint density at radius 1 is 1.08 bits per heavy atom. The first kappa shape index (κ1) is 16.0. The fourth-order valence-electron chi connectivity index (χ4n) is 2.49. The molecule has 0 aliphatic carbocycles. The Bertz CT molecular complexity index is 1020. The van der Waals surface area contributed by atoms with Crippen LogP contribution in [0.15, 0.2) is 58.4 Å². The minimum Gasteiger partial charge on any atom is -0.267 e. The van der Waals surface area contributed by atoms with E-state index in [2.05, 4.69) is 17.6 Å². The van der Waals surface area contributed by atoms with Crippen molar-refractivity contribution in [2.24, 2.45) is 0 Å². The van der Waals surface area contributed by atoms with E-state index in [1.54, 1.807) is 0 Å². The first-order valence-electron chi connectivity index (χ1n) is 7.42. The number of nitrogens with zero attached hydrogens (tertiary/aromatic N) is 3. The van der Waals surface area contributed by atoms with E-state index in [9.17, 15) is 10.1 Å². The lowest BCUT2D eigenvalue weighted by atomic mass is 10.1. The minimum absolute atomic E-state index is 0.0590. The van der Waals surface area contributed by atoms with Crippen molar-refractivity contribution in [3.05, 3.63) is 75.6 Å². The maximum atomic E-state index is 12.9. The van der Waals surface area contributed by atoms with Gasteiger partial charge in [-0.3, -0.25) is 9.36 Å². The number of hydrogen-bond acceptors (Lipinski definition) is 4. The van der Waals surface area contributed by atoms with Crippen LogP contribution in [0.5, 0.6) is 0 Å². The van der Waals surface area contributed by atoms with Crippen LogP contribution in [0.3, 0.4) is 0 Å². The Hall–Kier alpha value is -2.84. The number of aryl methyl sites for hydroxylation is 2. The monoisotopic (exact) mass is 333 g/mol. The smallest absolute Gasteiger partial charge is 0.267 e. The number of rotatable bonds is 2. The molecule has 0 unspecified atom stereocenters. The molecule has 0 aliphatic heterocycles. The Morgan fingerprint density at radius 3 is 2.42 bits per heavy atom. The Morgan fingerprint density at radius 2 is 1.79 bits per heavy atom. The molecule has 1 aromatic heterocycles. The average molecular weight is 333 g/mol. The lowest BCUT2D eigenvalue weighted by Crippen LogP contribution is -2.25. The first-order valence-corrected chi connectivity index (χ1v) is 7.87. The number of thiol groups is 1. The molecule has 2 aromatic carbocycles. The largest absolute Gasteiger partial charge is 0.277 e. The highest BCUT2D eigenvalue weighted by Crippen LogP contribution is 2.23. The molecule has 1 heterocycles. The highest BCUT2D eigenvalue weighted by molar-refractivity contribution is 7.80. The third kappa shape index (κ3) is 2.72. The third-order valence-electron chi connectivity index (χ3n) is 3.96. The van der Waals surface area contributed by atoms with Crippen molar-refractivity contribution in [2.45, 2.75) is 18.9 Å². The molecule has 0 bridgehead atoms. The van der Waals surface area contributed by atoms with Crippen LogP contribution < -0.4 is 5.56 Å². The van der Waals surface area contributed by atoms with Crippen LogP contribution in [0, 0.1) is 25.2 Å². The Balaban J connectivity index is 2.40. The van der Waals surface area contributed by atoms with Gasteiger partial charge in [0.15, 0.2) is 0 Å². The summed E-state index contributed by atoms with van der Waals surface area (Å²) in [7, 11) is 0. The fourth-order valence-corrected chi connectivity index (χ4v) is 2.73. The molecule has 3 rings (SSSR count). The summed E-state index contributed by atoms with van der Waals surface area (Å²) in [5, 5.41) is 9.42. The average Bonchev–Trinajstić information content (AvgIpc) is 2.58. The normalized spacial score (nSPS) is 10.4. The van der Waals surface area contributed by atoms with Crippen LogP contribution in [0.4, 0.5) is 0 Å². The molecular formula is C19H15N3OS. The number of benzene rings is 2. The molecule has 0 atom stereocenters. The van der Waals surface area contributed by atoms with Gasteiger partial charge in [0, 0.05) is 5.56 Å². The lowest BCUT2D eigenvalue weighted by Gasteiger charge is -2.15. The predicted octanol–water partition coefficient (Wildman–Crippen LogP) is 3.68. The van der Waals surface area contributed by atoms with Crippen molar-refractivity contribution >= 4 is 12.6 Å². The molecule has 0 aliphatic rings. The summed E-state index contributed by atoms with van der Waals surface area (Å²) in [6, 6.07) is 17.0. The maximum absolute atomic E-state index is 12.9. The molecule has 0 amide bonds. The first-order chi connectivity index (χ1) is 11.5. The van der Waals surface area contributed by atoms with Crippen molar-refractivity contribution in [2.75, 3.05) is 0 Å². The Kier molecular flexibility index (Phi) is 4.24. The van der Waals surface area contributed by atoms with Gasteiger partial charge >= 0.3 is 0 Å². The summed E-state index contributed by atoms with van der Waals surface area (Å²) in [6.07, 6.45) is 0. The number of aromatic nitrogens is 2. The van der Waals surface area contributed by atoms with E-state index in [4.69, 9.17) is 0 Å². The summed E-state index contributed by atoms with van der Waals surface area (Å²) in [5.41, 5.74) is 3.18. The van der Waals surface area contributed by atoms with Crippen LogP contribution in [-0.2, 0) is 0 Å². The van der Waals surface area contributed by atoms with Gasteiger partial charge in [-0.25, -0.2) is 4.98 Å². The zero-order chi connectivity index (χ0) is 17.3. The van der Waals surface area contributed by atoms with Crippen molar-refractivity contribution in [3.8, 4) is 23.1 Å². The zero-order valence-corrected chi connectivity index (χ0v) is 14.2. The van der Waals surface area contributed by atoms with Crippen LogP contribution in [0.2, 0.25) is 0 Å². The molecule has 24 heavy (non-hydrogen) atoms. The minimum atomic E-state index is -0.417. The second kappa shape index (κ2) is 6.34. The Labute approximate surface area is 145 Å². The van der Waals surface area contributed by atoms with E-state index >= 15 is 0 Å². The van der Waals surface area contributed by atoms with Crippen LogP contribution in [-0.4, -0.2) is 9.55 Å². The molecule has 0 N–H and O–H groups in total. The van der Waals surface area contributed by atoms with E-state index < -0.39 is 5.56 Å². The van der Waals surface area contributed by atoms with Crippen LogP contribution in [0.25, 0.3) is 17.1 Å². The van der Waals surface area contributed by atoms with Gasteiger partial charge in [0.1, 0.15) is 22.5 Å². The van der Waals surface area contributed by atoms with Crippen molar-refractivity contribution in [3.63, 3.8) is 0 Å². The molecule has 5 heteroatoms. The van der Waals surface area contributed by atoms with Gasteiger partial charge in [-0.2, -0.15) is 5.26 Å². The standard InChI is InChI=1S/C19H15N3OS/c1-12-8-9-15(10-13(12)2)22-17(14-6-4-3-5-7-14)21-18(24)16(11-20)19(22)23/h3-10,24H,1-2H3. The SMILES string of the molecule is Cc1ccc(-n2c(-c3ccccc3)nc(S)c(C#N)c2=O)cc1C. The number of nitriles is 1. The van der Waals surface area contributed by atoms with Gasteiger partial charge in [0.2, 0.25) is 0 Å². The molecule has 0 saturated carbocycles. The highest BCUT2D eigenvalue weighted by atomic mass is 32.1. The van der Waals surface area contributed by atoms with E-state index in [1.165, 1.54) is 4.57 Å². The van der Waals surface area contributed by atoms with Gasteiger partial charge in [0.25, 0.3) is 5.56 Å². The van der Waals surface area contributed by atoms with E-state index in [0.29, 0.717) is 11.5 Å². The third-order valence-corrected chi connectivity index (χ3v) is 4.28. The van der Waals surface area contributed by atoms with E-state index in [-0.39, 0.29) is 10.6 Å². The van der Waals surface area contributed by atoms with Gasteiger partial charge in [-0.1, -0.05) is 36.4 Å². The summed E-state index contributed by atoms with van der Waals surface area (Å²) >= 11 is 4.22. The zero-order valence-electron chi connectivity index (χ0n) is 13.3. The molecule has 0 radical (unpaired) electrons. The van der Waals surface area contributed by atoms with Gasteiger partial charge in [-0.05, 0) is 37.1 Å². The summed E-state index contributed by atoms with van der Waals surface area (Å²) in [6.45, 7) is 3.99. The van der Waals surface area contributed by atoms with Gasteiger partial charge in [-0.15, -0.1) is 12.6 Å². The summed E-state index contributed by atoms with van der Waals surface area (Å²) in [4.78, 5) is 17.3. The molecular weight excluding hydrogens is 318 g/mol. The second-order valence-electron chi connectivity index (χ2n) is 5.52. The highest BCUT2D eigenvalue weighted by Gasteiger charge is 2.17. The van der Waals surface area contributed by atoms with Gasteiger partial charge < -0.3 is 0 Å².